The Morgan fingerprint density at radius 3 is 2.58 bits per heavy atom. The summed E-state index contributed by atoms with van der Waals surface area (Å²) < 4.78 is 29.5. The van der Waals surface area contributed by atoms with Crippen LogP contribution < -0.4 is 0 Å². The molecule has 1 aliphatic heterocycles. The van der Waals surface area contributed by atoms with E-state index in [4.69, 9.17) is 11.6 Å². The van der Waals surface area contributed by atoms with Gasteiger partial charge in [-0.1, -0.05) is 54.1 Å². The van der Waals surface area contributed by atoms with E-state index in [1.165, 1.54) is 0 Å². The Kier molecular flexibility index (Phi) is 6.67. The van der Waals surface area contributed by atoms with Crippen molar-refractivity contribution in [3.63, 3.8) is 0 Å². The van der Waals surface area contributed by atoms with Crippen LogP contribution in [0.3, 0.4) is 0 Å². The van der Waals surface area contributed by atoms with E-state index >= 15 is 0 Å². The first-order valence-electron chi connectivity index (χ1n) is 10.7. The Hall–Kier alpha value is -1.93. The molecule has 3 aromatic rings. The number of halogens is 1. The summed E-state index contributed by atoms with van der Waals surface area (Å²) in [4.78, 5) is 2.27. The zero-order chi connectivity index (χ0) is 22.0. The number of benzene rings is 2. The first kappa shape index (κ1) is 22.3. The van der Waals surface area contributed by atoms with Gasteiger partial charge in [0, 0.05) is 38.8 Å². The van der Waals surface area contributed by atoms with Crippen molar-refractivity contribution in [1.82, 2.24) is 19.0 Å². The van der Waals surface area contributed by atoms with Crippen molar-refractivity contribution in [2.75, 3.05) is 31.9 Å². The van der Waals surface area contributed by atoms with E-state index in [1.54, 1.807) is 8.99 Å². The highest BCUT2D eigenvalue weighted by Gasteiger charge is 2.26. The third-order valence-electron chi connectivity index (χ3n) is 6.10. The zero-order valence-electron chi connectivity index (χ0n) is 18.1. The number of nitrogens with zero attached hydrogens (tertiary/aromatic N) is 4. The van der Waals surface area contributed by atoms with E-state index in [0.717, 1.165) is 40.6 Å². The van der Waals surface area contributed by atoms with Gasteiger partial charge in [-0.15, -0.1) is 0 Å². The minimum Gasteiger partial charge on any atom is -0.298 e. The Morgan fingerprint density at radius 1 is 1.03 bits per heavy atom. The summed E-state index contributed by atoms with van der Waals surface area (Å²) in [5.41, 5.74) is 3.03. The molecule has 1 aromatic heterocycles. The lowest BCUT2D eigenvalue weighted by Gasteiger charge is -2.22. The maximum Gasteiger partial charge on any atom is 0.214 e. The Labute approximate surface area is 189 Å². The van der Waals surface area contributed by atoms with Crippen molar-refractivity contribution in [1.29, 1.82) is 0 Å². The van der Waals surface area contributed by atoms with E-state index in [1.807, 2.05) is 38.2 Å². The van der Waals surface area contributed by atoms with E-state index < -0.39 is 10.0 Å². The molecule has 0 amide bonds. The van der Waals surface area contributed by atoms with Crippen LogP contribution in [-0.4, -0.2) is 59.3 Å². The second-order valence-corrected chi connectivity index (χ2v) is 10.7. The van der Waals surface area contributed by atoms with Gasteiger partial charge in [0.05, 0.1) is 11.4 Å². The molecule has 0 unspecified atom stereocenters. The van der Waals surface area contributed by atoms with E-state index in [0.29, 0.717) is 37.8 Å². The Balaban J connectivity index is 1.40. The lowest BCUT2D eigenvalue weighted by atomic mass is 10.0. The number of sulfonamides is 1. The smallest absolute Gasteiger partial charge is 0.214 e. The number of hydrogen-bond acceptors (Lipinski definition) is 4. The predicted molar refractivity (Wildman–Crippen MR) is 126 cm³/mol. The van der Waals surface area contributed by atoms with Gasteiger partial charge in [0.25, 0.3) is 0 Å². The van der Waals surface area contributed by atoms with Gasteiger partial charge in [-0.05, 0) is 42.6 Å². The highest BCUT2D eigenvalue weighted by Crippen LogP contribution is 2.23. The van der Waals surface area contributed by atoms with Gasteiger partial charge in [0.1, 0.15) is 5.15 Å². The number of fused-ring (bicyclic) bond motifs is 1. The fourth-order valence-electron chi connectivity index (χ4n) is 4.34. The molecule has 0 atom stereocenters. The van der Waals surface area contributed by atoms with Crippen LogP contribution in [0.5, 0.6) is 0 Å². The molecular formula is C23H29ClN4O2S. The monoisotopic (exact) mass is 460 g/mol. The van der Waals surface area contributed by atoms with Gasteiger partial charge in [-0.3, -0.25) is 9.58 Å². The molecule has 1 fully saturated rings. The van der Waals surface area contributed by atoms with Crippen LogP contribution in [0, 0.1) is 6.92 Å². The van der Waals surface area contributed by atoms with Crippen LogP contribution in [0.2, 0.25) is 5.15 Å². The maximum atomic E-state index is 13.1. The summed E-state index contributed by atoms with van der Waals surface area (Å²) in [6.07, 6.45) is 1.33. The molecular weight excluding hydrogens is 432 g/mol. The molecule has 2 aromatic carbocycles. The fourth-order valence-corrected chi connectivity index (χ4v) is 6.08. The largest absolute Gasteiger partial charge is 0.298 e. The average molecular weight is 461 g/mol. The summed E-state index contributed by atoms with van der Waals surface area (Å²) >= 11 is 6.38. The maximum absolute atomic E-state index is 13.1. The molecule has 0 bridgehead atoms. The SMILES string of the molecule is Cc1nn(C)c(Cl)c1CN1CCCN(S(=O)(=O)CCc2cccc3ccccc23)CC1. The van der Waals surface area contributed by atoms with Gasteiger partial charge in [0.2, 0.25) is 10.0 Å². The predicted octanol–water partition coefficient (Wildman–Crippen LogP) is 3.62. The highest BCUT2D eigenvalue weighted by atomic mass is 35.5. The number of hydrogen-bond donors (Lipinski definition) is 0. The summed E-state index contributed by atoms with van der Waals surface area (Å²) in [7, 11) is -1.48. The minimum absolute atomic E-state index is 0.133. The third kappa shape index (κ3) is 4.95. The van der Waals surface area contributed by atoms with Crippen LogP contribution in [-0.2, 0) is 30.0 Å². The molecule has 4 rings (SSSR count). The van der Waals surface area contributed by atoms with Crippen LogP contribution in [0.15, 0.2) is 42.5 Å². The van der Waals surface area contributed by atoms with Gasteiger partial charge in [-0.25, -0.2) is 12.7 Å². The minimum atomic E-state index is -3.32. The summed E-state index contributed by atoms with van der Waals surface area (Å²) in [6, 6.07) is 14.2. The molecule has 0 saturated carbocycles. The molecule has 6 nitrogen and oxygen atoms in total. The van der Waals surface area contributed by atoms with Gasteiger partial charge in [0.15, 0.2) is 0 Å². The second kappa shape index (κ2) is 9.28. The third-order valence-corrected chi connectivity index (χ3v) is 8.45. The second-order valence-electron chi connectivity index (χ2n) is 8.21. The first-order valence-corrected chi connectivity index (χ1v) is 12.7. The van der Waals surface area contributed by atoms with E-state index in [9.17, 15) is 8.42 Å². The van der Waals surface area contributed by atoms with Crippen molar-refractivity contribution in [3.8, 4) is 0 Å². The first-order chi connectivity index (χ1) is 14.8. The van der Waals surface area contributed by atoms with E-state index in [2.05, 4.69) is 28.2 Å². The molecule has 166 valence electrons. The standard InChI is InChI=1S/C23H29ClN4O2S/c1-18-22(23(24)26(2)25-18)17-27-12-6-13-28(15-14-27)31(29,30)16-11-20-9-5-8-19-7-3-4-10-21(19)20/h3-5,7-10H,6,11-17H2,1-2H3. The molecule has 0 aliphatic carbocycles. The molecule has 0 spiro atoms. The van der Waals surface area contributed by atoms with Crippen LogP contribution >= 0.6 is 11.6 Å². The Morgan fingerprint density at radius 2 is 1.81 bits per heavy atom. The molecule has 31 heavy (non-hydrogen) atoms. The average Bonchev–Trinajstić information content (AvgIpc) is 2.93. The highest BCUT2D eigenvalue weighted by molar-refractivity contribution is 7.89. The molecule has 0 N–H and O–H groups in total. The van der Waals surface area contributed by atoms with Gasteiger partial charge >= 0.3 is 0 Å². The van der Waals surface area contributed by atoms with Crippen molar-refractivity contribution in [2.24, 2.45) is 7.05 Å². The molecule has 1 saturated heterocycles. The van der Waals surface area contributed by atoms with Gasteiger partial charge in [-0.2, -0.15) is 5.10 Å². The summed E-state index contributed by atoms with van der Waals surface area (Å²) in [5, 5.41) is 7.31. The molecule has 1 aliphatic rings. The number of aromatic nitrogens is 2. The molecule has 8 heteroatoms. The van der Waals surface area contributed by atoms with Crippen molar-refractivity contribution in [3.05, 3.63) is 64.4 Å². The van der Waals surface area contributed by atoms with Crippen LogP contribution in [0.4, 0.5) is 0 Å². The number of rotatable bonds is 6. The zero-order valence-corrected chi connectivity index (χ0v) is 19.7. The quantitative estimate of drug-likeness (QED) is 0.563. The molecule has 2 heterocycles. The van der Waals surface area contributed by atoms with Crippen molar-refractivity contribution < 1.29 is 8.42 Å². The fraction of sp³-hybridized carbons (Fsp3) is 0.435. The van der Waals surface area contributed by atoms with Crippen molar-refractivity contribution in [2.45, 2.75) is 26.3 Å². The van der Waals surface area contributed by atoms with Crippen LogP contribution in [0.1, 0.15) is 23.2 Å². The van der Waals surface area contributed by atoms with Gasteiger partial charge < -0.3 is 0 Å². The van der Waals surface area contributed by atoms with E-state index in [-0.39, 0.29) is 5.75 Å². The van der Waals surface area contributed by atoms with Crippen molar-refractivity contribution >= 4 is 32.4 Å². The topological polar surface area (TPSA) is 58.4 Å². The molecule has 0 radical (unpaired) electrons. The lowest BCUT2D eigenvalue weighted by Crippen LogP contribution is -2.37. The summed E-state index contributed by atoms with van der Waals surface area (Å²) in [5.74, 6) is 0.133. The normalized spacial score (nSPS) is 16.6. The lowest BCUT2D eigenvalue weighted by molar-refractivity contribution is 0.278. The van der Waals surface area contributed by atoms with Crippen LogP contribution in [0.25, 0.3) is 10.8 Å². The number of aryl methyl sites for hydroxylation is 3. The Bertz CT molecular complexity index is 1170. The summed E-state index contributed by atoms with van der Waals surface area (Å²) in [6.45, 7) is 5.27.